The Morgan fingerprint density at radius 2 is 1.93 bits per heavy atom. The van der Waals surface area contributed by atoms with Crippen LogP contribution in [0.25, 0.3) is 0 Å². The fourth-order valence-electron chi connectivity index (χ4n) is 1.28. The third-order valence-electron chi connectivity index (χ3n) is 2.05. The molecule has 0 atom stereocenters. The van der Waals surface area contributed by atoms with Crippen molar-refractivity contribution in [2.45, 2.75) is 32.4 Å². The Labute approximate surface area is 91.4 Å². The van der Waals surface area contributed by atoms with E-state index in [1.165, 1.54) is 10.5 Å². The van der Waals surface area contributed by atoms with Crippen molar-refractivity contribution < 1.29 is 0 Å². The van der Waals surface area contributed by atoms with E-state index in [9.17, 15) is 0 Å². The van der Waals surface area contributed by atoms with E-state index in [4.69, 9.17) is 0 Å². The average Bonchev–Trinajstić information content (AvgIpc) is 2.25. The number of benzene rings is 1. The van der Waals surface area contributed by atoms with Crippen LogP contribution in [0.5, 0.6) is 0 Å². The lowest BCUT2D eigenvalue weighted by Gasteiger charge is -2.04. The van der Waals surface area contributed by atoms with Gasteiger partial charge >= 0.3 is 0 Å². The molecule has 1 aromatic carbocycles. The molecule has 1 rings (SSSR count). The molecule has 1 heteroatoms. The molecule has 0 saturated heterocycles. The highest BCUT2D eigenvalue weighted by molar-refractivity contribution is 8.02. The van der Waals surface area contributed by atoms with Crippen LogP contribution in [-0.2, 0) is 5.75 Å². The summed E-state index contributed by atoms with van der Waals surface area (Å²) < 4.78 is 0. The van der Waals surface area contributed by atoms with Gasteiger partial charge in [0.1, 0.15) is 0 Å². The van der Waals surface area contributed by atoms with E-state index in [-0.39, 0.29) is 0 Å². The molecule has 0 bridgehead atoms. The molecular weight excluding hydrogens is 188 g/mol. The van der Waals surface area contributed by atoms with Crippen LogP contribution >= 0.6 is 11.8 Å². The van der Waals surface area contributed by atoms with Crippen LogP contribution in [0.2, 0.25) is 0 Å². The fraction of sp³-hybridized carbons (Fsp3) is 0.385. The zero-order chi connectivity index (χ0) is 10.2. The van der Waals surface area contributed by atoms with Crippen LogP contribution in [0.1, 0.15) is 32.3 Å². The molecule has 0 spiro atoms. The van der Waals surface area contributed by atoms with Crippen molar-refractivity contribution in [1.82, 2.24) is 0 Å². The van der Waals surface area contributed by atoms with Crippen LogP contribution in [0.15, 0.2) is 41.3 Å². The van der Waals surface area contributed by atoms with Gasteiger partial charge in [0, 0.05) is 5.75 Å². The van der Waals surface area contributed by atoms with Crippen molar-refractivity contribution in [3.63, 3.8) is 0 Å². The van der Waals surface area contributed by atoms with E-state index < -0.39 is 0 Å². The Morgan fingerprint density at radius 3 is 2.50 bits per heavy atom. The van der Waals surface area contributed by atoms with Gasteiger partial charge < -0.3 is 0 Å². The summed E-state index contributed by atoms with van der Waals surface area (Å²) >= 11 is 1.96. The number of hydrogen-bond acceptors (Lipinski definition) is 1. The highest BCUT2D eigenvalue weighted by Crippen LogP contribution is 2.23. The molecule has 1 aromatic rings. The van der Waals surface area contributed by atoms with Crippen molar-refractivity contribution in [1.29, 1.82) is 0 Å². The minimum absolute atomic E-state index is 1.10. The molecule has 0 nitrogen and oxygen atoms in total. The van der Waals surface area contributed by atoms with E-state index in [1.54, 1.807) is 0 Å². The molecule has 76 valence electrons. The predicted octanol–water partition coefficient (Wildman–Crippen LogP) is 4.62. The number of allylic oxidation sites excluding steroid dienone is 2. The number of thioether (sulfide) groups is 1. The Kier molecular flexibility index (Phi) is 5.46. The first-order valence-electron chi connectivity index (χ1n) is 5.22. The van der Waals surface area contributed by atoms with Gasteiger partial charge in [0.2, 0.25) is 0 Å². The maximum Gasteiger partial charge on any atom is 0.0228 e. The van der Waals surface area contributed by atoms with Gasteiger partial charge in [-0.05, 0) is 23.3 Å². The molecule has 0 aliphatic rings. The zero-order valence-corrected chi connectivity index (χ0v) is 9.81. The van der Waals surface area contributed by atoms with Crippen LogP contribution in [0, 0.1) is 0 Å². The summed E-state index contributed by atoms with van der Waals surface area (Å²) in [6.45, 7) is 4.41. The second-order valence-electron chi connectivity index (χ2n) is 3.21. The van der Waals surface area contributed by atoms with E-state index in [1.807, 2.05) is 11.8 Å². The van der Waals surface area contributed by atoms with Gasteiger partial charge in [-0.2, -0.15) is 0 Å². The first-order chi connectivity index (χ1) is 6.86. The average molecular weight is 206 g/mol. The molecule has 14 heavy (non-hydrogen) atoms. The van der Waals surface area contributed by atoms with Crippen molar-refractivity contribution in [2.24, 2.45) is 0 Å². The third kappa shape index (κ3) is 4.01. The van der Waals surface area contributed by atoms with Crippen molar-refractivity contribution in [3.05, 3.63) is 46.9 Å². The Hall–Kier alpha value is -0.690. The second kappa shape index (κ2) is 6.72. The lowest BCUT2D eigenvalue weighted by molar-refractivity contribution is 1.13. The van der Waals surface area contributed by atoms with Crippen LogP contribution in [0.3, 0.4) is 0 Å². The lowest BCUT2D eigenvalue weighted by Crippen LogP contribution is -1.80. The first kappa shape index (κ1) is 11.4. The van der Waals surface area contributed by atoms with Crippen molar-refractivity contribution in [2.75, 3.05) is 0 Å². The van der Waals surface area contributed by atoms with Crippen LogP contribution in [-0.4, -0.2) is 0 Å². The Morgan fingerprint density at radius 1 is 1.21 bits per heavy atom. The second-order valence-corrected chi connectivity index (χ2v) is 4.31. The van der Waals surface area contributed by atoms with Gasteiger partial charge in [-0.15, -0.1) is 11.8 Å². The van der Waals surface area contributed by atoms with E-state index in [0.29, 0.717) is 0 Å². The molecule has 0 aromatic heterocycles. The van der Waals surface area contributed by atoms with Gasteiger partial charge in [-0.3, -0.25) is 0 Å². The molecule has 0 radical (unpaired) electrons. The smallest absolute Gasteiger partial charge is 0.0228 e. The monoisotopic (exact) mass is 206 g/mol. The summed E-state index contributed by atoms with van der Waals surface area (Å²) in [5.41, 5.74) is 1.41. The normalized spacial score (nSPS) is 11.7. The quantitative estimate of drug-likeness (QED) is 0.677. The topological polar surface area (TPSA) is 0 Å². The highest BCUT2D eigenvalue weighted by Gasteiger charge is 1.96. The standard InChI is InChI=1S/C13H18S/c1-3-8-13(4-2)14-11-12-9-6-5-7-10-12/h5-10H,3-4,11H2,1-2H3/b13-8+. The SMILES string of the molecule is CC/C=C(\CC)SCc1ccccc1. The Balaban J connectivity index is 2.44. The Bertz CT molecular complexity index is 275. The summed E-state index contributed by atoms with van der Waals surface area (Å²) in [4.78, 5) is 1.51. The van der Waals surface area contributed by atoms with Crippen LogP contribution in [0.4, 0.5) is 0 Å². The molecule has 0 heterocycles. The van der Waals surface area contributed by atoms with Gasteiger partial charge in [0.15, 0.2) is 0 Å². The molecule has 0 amide bonds. The minimum atomic E-state index is 1.10. The van der Waals surface area contributed by atoms with Gasteiger partial charge in [-0.1, -0.05) is 50.3 Å². The van der Waals surface area contributed by atoms with E-state index in [2.05, 4.69) is 50.3 Å². The summed E-state index contributed by atoms with van der Waals surface area (Å²) in [7, 11) is 0. The molecule has 0 saturated carbocycles. The lowest BCUT2D eigenvalue weighted by atomic mass is 10.2. The summed E-state index contributed by atoms with van der Waals surface area (Å²) in [5.74, 6) is 1.10. The number of hydrogen-bond donors (Lipinski definition) is 0. The zero-order valence-electron chi connectivity index (χ0n) is 8.99. The molecule has 0 fully saturated rings. The van der Waals surface area contributed by atoms with Gasteiger partial charge in [0.05, 0.1) is 0 Å². The summed E-state index contributed by atoms with van der Waals surface area (Å²) in [6.07, 6.45) is 4.63. The predicted molar refractivity (Wildman–Crippen MR) is 66.4 cm³/mol. The molecular formula is C13H18S. The van der Waals surface area contributed by atoms with Gasteiger partial charge in [0.25, 0.3) is 0 Å². The van der Waals surface area contributed by atoms with E-state index in [0.717, 1.165) is 18.6 Å². The maximum absolute atomic E-state index is 2.33. The van der Waals surface area contributed by atoms with Gasteiger partial charge in [-0.25, -0.2) is 0 Å². The number of rotatable bonds is 5. The highest BCUT2D eigenvalue weighted by atomic mass is 32.2. The molecule has 0 aliphatic heterocycles. The molecule has 0 N–H and O–H groups in total. The molecule has 0 unspecified atom stereocenters. The van der Waals surface area contributed by atoms with Crippen molar-refractivity contribution in [3.8, 4) is 0 Å². The van der Waals surface area contributed by atoms with Crippen molar-refractivity contribution >= 4 is 11.8 Å². The fourth-order valence-corrected chi connectivity index (χ4v) is 2.32. The summed E-state index contributed by atoms with van der Waals surface area (Å²) in [6, 6.07) is 10.6. The third-order valence-corrected chi connectivity index (χ3v) is 3.35. The van der Waals surface area contributed by atoms with E-state index >= 15 is 0 Å². The molecule has 0 aliphatic carbocycles. The van der Waals surface area contributed by atoms with Crippen LogP contribution < -0.4 is 0 Å². The summed E-state index contributed by atoms with van der Waals surface area (Å²) in [5, 5.41) is 0. The minimum Gasteiger partial charge on any atom is -0.126 e. The largest absolute Gasteiger partial charge is 0.126 e. The maximum atomic E-state index is 2.33. The first-order valence-corrected chi connectivity index (χ1v) is 6.21.